The molecule has 0 saturated carbocycles. The molecule has 0 spiro atoms. The third kappa shape index (κ3) is 6.91. The van der Waals surface area contributed by atoms with E-state index < -0.39 is 0 Å². The standard InChI is InChI=1S/C24H32N8.HI/c1-25-24(27-17-23-28-19-29-30(23)2)26-16-20-8-6-7-9-21(20)18-31-12-14-32(15-13-31)22-10-4-3-5-11-22;/h3-11,19H,12-18H2,1-2H3,(H2,25,26,27);1H. The van der Waals surface area contributed by atoms with Crippen LogP contribution in [0.5, 0.6) is 0 Å². The Morgan fingerprint density at radius 3 is 2.24 bits per heavy atom. The Bertz CT molecular complexity index is 1010. The van der Waals surface area contributed by atoms with Crippen LogP contribution in [0.2, 0.25) is 0 Å². The number of piperazine rings is 1. The van der Waals surface area contributed by atoms with Gasteiger partial charge < -0.3 is 15.5 Å². The molecule has 8 nitrogen and oxygen atoms in total. The van der Waals surface area contributed by atoms with Crippen molar-refractivity contribution >= 4 is 35.6 Å². The highest BCUT2D eigenvalue weighted by atomic mass is 127. The lowest BCUT2D eigenvalue weighted by Gasteiger charge is -2.36. The van der Waals surface area contributed by atoms with Crippen molar-refractivity contribution in [1.82, 2.24) is 30.3 Å². The molecule has 0 amide bonds. The molecule has 33 heavy (non-hydrogen) atoms. The number of nitrogens with zero attached hydrogens (tertiary/aromatic N) is 6. The minimum atomic E-state index is 0. The molecule has 1 aliphatic heterocycles. The maximum atomic E-state index is 4.34. The molecule has 2 heterocycles. The van der Waals surface area contributed by atoms with Crippen LogP contribution in [0.25, 0.3) is 0 Å². The molecule has 9 heteroatoms. The molecule has 176 valence electrons. The van der Waals surface area contributed by atoms with Crippen molar-refractivity contribution in [2.45, 2.75) is 19.6 Å². The lowest BCUT2D eigenvalue weighted by molar-refractivity contribution is 0.249. The van der Waals surface area contributed by atoms with Crippen LogP contribution < -0.4 is 15.5 Å². The third-order valence-corrected chi connectivity index (χ3v) is 5.89. The summed E-state index contributed by atoms with van der Waals surface area (Å²) in [5.74, 6) is 1.61. The molecule has 0 aliphatic carbocycles. The van der Waals surface area contributed by atoms with Gasteiger partial charge in [-0.25, -0.2) is 4.98 Å². The van der Waals surface area contributed by atoms with Crippen LogP contribution in [0.3, 0.4) is 0 Å². The second-order valence-electron chi connectivity index (χ2n) is 7.95. The Labute approximate surface area is 213 Å². The van der Waals surface area contributed by atoms with Gasteiger partial charge in [-0.3, -0.25) is 14.6 Å². The molecule has 1 saturated heterocycles. The van der Waals surface area contributed by atoms with Gasteiger partial charge in [0, 0.05) is 59.1 Å². The number of nitrogens with one attached hydrogen (secondary N) is 2. The summed E-state index contributed by atoms with van der Waals surface area (Å²) in [7, 11) is 3.67. The summed E-state index contributed by atoms with van der Waals surface area (Å²) in [6.07, 6.45) is 1.56. The molecule has 0 bridgehead atoms. The van der Waals surface area contributed by atoms with E-state index in [1.165, 1.54) is 16.8 Å². The van der Waals surface area contributed by atoms with Gasteiger partial charge in [-0.1, -0.05) is 42.5 Å². The predicted molar refractivity (Wildman–Crippen MR) is 144 cm³/mol. The maximum absolute atomic E-state index is 4.34. The number of aliphatic imine (C=N–C) groups is 1. The number of para-hydroxylation sites is 1. The van der Waals surface area contributed by atoms with Gasteiger partial charge in [-0.2, -0.15) is 5.10 Å². The largest absolute Gasteiger partial charge is 0.369 e. The summed E-state index contributed by atoms with van der Waals surface area (Å²) >= 11 is 0. The number of aryl methyl sites for hydroxylation is 1. The van der Waals surface area contributed by atoms with Crippen LogP contribution in [-0.2, 0) is 26.7 Å². The zero-order chi connectivity index (χ0) is 22.2. The smallest absolute Gasteiger partial charge is 0.191 e. The number of aromatic nitrogens is 3. The lowest BCUT2D eigenvalue weighted by atomic mass is 10.1. The van der Waals surface area contributed by atoms with Crippen molar-refractivity contribution < 1.29 is 0 Å². The zero-order valence-electron chi connectivity index (χ0n) is 19.3. The van der Waals surface area contributed by atoms with Gasteiger partial charge in [0.15, 0.2) is 5.96 Å². The van der Waals surface area contributed by atoms with E-state index in [0.717, 1.165) is 51.1 Å². The van der Waals surface area contributed by atoms with E-state index in [0.29, 0.717) is 6.54 Å². The van der Waals surface area contributed by atoms with Gasteiger partial charge in [0.25, 0.3) is 0 Å². The predicted octanol–water partition coefficient (Wildman–Crippen LogP) is 2.62. The Morgan fingerprint density at radius 1 is 0.909 bits per heavy atom. The second kappa shape index (κ2) is 12.5. The molecule has 0 atom stereocenters. The highest BCUT2D eigenvalue weighted by molar-refractivity contribution is 14.0. The topological polar surface area (TPSA) is 73.6 Å². The lowest BCUT2D eigenvalue weighted by Crippen LogP contribution is -2.46. The van der Waals surface area contributed by atoms with Gasteiger partial charge in [-0.15, -0.1) is 24.0 Å². The van der Waals surface area contributed by atoms with E-state index in [1.54, 1.807) is 18.1 Å². The van der Waals surface area contributed by atoms with Crippen LogP contribution in [0.1, 0.15) is 17.0 Å². The number of benzene rings is 2. The molecule has 0 radical (unpaired) electrons. The quantitative estimate of drug-likeness (QED) is 0.263. The number of hydrogen-bond donors (Lipinski definition) is 2. The molecular formula is C24H33IN8. The van der Waals surface area contributed by atoms with Gasteiger partial charge in [-0.05, 0) is 23.3 Å². The molecule has 3 aromatic rings. The van der Waals surface area contributed by atoms with Crippen LogP contribution >= 0.6 is 24.0 Å². The van der Waals surface area contributed by atoms with E-state index in [2.05, 4.69) is 90.1 Å². The number of anilines is 1. The van der Waals surface area contributed by atoms with E-state index in [1.807, 2.05) is 7.05 Å². The third-order valence-electron chi connectivity index (χ3n) is 5.89. The number of hydrogen-bond acceptors (Lipinski definition) is 5. The summed E-state index contributed by atoms with van der Waals surface area (Å²) in [6, 6.07) is 19.3. The molecule has 1 aliphatic rings. The fourth-order valence-electron chi connectivity index (χ4n) is 3.97. The Balaban J connectivity index is 0.00000306. The van der Waals surface area contributed by atoms with Crippen LogP contribution in [0.15, 0.2) is 65.9 Å². The van der Waals surface area contributed by atoms with Crippen LogP contribution in [0.4, 0.5) is 5.69 Å². The molecule has 4 rings (SSSR count). The number of halogens is 1. The van der Waals surface area contributed by atoms with Crippen molar-refractivity contribution in [2.24, 2.45) is 12.0 Å². The van der Waals surface area contributed by atoms with Gasteiger partial charge in [0.1, 0.15) is 12.2 Å². The minimum absolute atomic E-state index is 0. The molecule has 2 aromatic carbocycles. The van der Waals surface area contributed by atoms with Crippen molar-refractivity contribution in [1.29, 1.82) is 0 Å². The number of rotatable bonds is 7. The molecular weight excluding hydrogens is 527 g/mol. The first-order valence-electron chi connectivity index (χ1n) is 11.1. The van der Waals surface area contributed by atoms with Gasteiger partial charge in [0.05, 0.1) is 6.54 Å². The molecule has 0 unspecified atom stereocenters. The highest BCUT2D eigenvalue weighted by Gasteiger charge is 2.18. The molecule has 1 fully saturated rings. The summed E-state index contributed by atoms with van der Waals surface area (Å²) in [5.41, 5.74) is 3.97. The Hall–Kier alpha value is -2.66. The first-order chi connectivity index (χ1) is 15.7. The van der Waals surface area contributed by atoms with Crippen LogP contribution in [0, 0.1) is 0 Å². The summed E-state index contributed by atoms with van der Waals surface area (Å²) < 4.78 is 1.76. The van der Waals surface area contributed by atoms with Gasteiger partial charge >= 0.3 is 0 Å². The average molecular weight is 560 g/mol. The monoisotopic (exact) mass is 560 g/mol. The van der Waals surface area contributed by atoms with E-state index in [-0.39, 0.29) is 24.0 Å². The first kappa shape index (κ1) is 25.0. The fourth-order valence-corrected chi connectivity index (χ4v) is 3.97. The van der Waals surface area contributed by atoms with Crippen molar-refractivity contribution in [3.05, 3.63) is 77.9 Å². The zero-order valence-corrected chi connectivity index (χ0v) is 21.6. The maximum Gasteiger partial charge on any atom is 0.191 e. The first-order valence-corrected chi connectivity index (χ1v) is 11.1. The van der Waals surface area contributed by atoms with Gasteiger partial charge in [0.2, 0.25) is 0 Å². The normalized spacial score (nSPS) is 14.6. The fraction of sp³-hybridized carbons (Fsp3) is 0.375. The van der Waals surface area contributed by atoms with Crippen molar-refractivity contribution in [3.8, 4) is 0 Å². The number of guanidine groups is 1. The Morgan fingerprint density at radius 2 is 1.58 bits per heavy atom. The van der Waals surface area contributed by atoms with Crippen LogP contribution in [-0.4, -0.2) is 58.9 Å². The summed E-state index contributed by atoms with van der Waals surface area (Å²) in [6.45, 7) is 6.51. The summed E-state index contributed by atoms with van der Waals surface area (Å²) in [5, 5.41) is 10.8. The van der Waals surface area contributed by atoms with Crippen molar-refractivity contribution in [2.75, 3.05) is 38.1 Å². The van der Waals surface area contributed by atoms with Crippen molar-refractivity contribution in [3.63, 3.8) is 0 Å². The highest BCUT2D eigenvalue weighted by Crippen LogP contribution is 2.18. The Kier molecular flexibility index (Phi) is 9.49. The second-order valence-corrected chi connectivity index (χ2v) is 7.95. The SMILES string of the molecule is CN=C(NCc1ccccc1CN1CCN(c2ccccc2)CC1)NCc1ncnn1C.I. The average Bonchev–Trinajstić information content (AvgIpc) is 3.26. The molecule has 1 aromatic heterocycles. The summed E-state index contributed by atoms with van der Waals surface area (Å²) in [4.78, 5) is 13.6. The van der Waals surface area contributed by atoms with E-state index >= 15 is 0 Å². The minimum Gasteiger partial charge on any atom is -0.369 e. The molecule has 2 N–H and O–H groups in total. The van der Waals surface area contributed by atoms with E-state index in [4.69, 9.17) is 0 Å². The van der Waals surface area contributed by atoms with E-state index in [9.17, 15) is 0 Å².